The van der Waals surface area contributed by atoms with Crippen molar-refractivity contribution in [2.45, 2.75) is 20.0 Å². The Kier molecular flexibility index (Phi) is 5.09. The van der Waals surface area contributed by atoms with Crippen LogP contribution in [0.1, 0.15) is 15.4 Å². The Labute approximate surface area is 121 Å². The van der Waals surface area contributed by atoms with Crippen molar-refractivity contribution >= 4 is 17.2 Å². The summed E-state index contributed by atoms with van der Waals surface area (Å²) in [5, 5.41) is 4.42. The first-order valence-electron chi connectivity index (χ1n) is 6.25. The molecule has 3 N–H and O–H groups in total. The molecular formula is C14H17N3O2S. The number of thiazole rings is 1. The molecular weight excluding hydrogens is 274 g/mol. The van der Waals surface area contributed by atoms with Crippen molar-refractivity contribution in [3.63, 3.8) is 0 Å². The number of amides is 1. The fourth-order valence-electron chi connectivity index (χ4n) is 1.65. The molecule has 0 saturated carbocycles. The second-order valence-electron chi connectivity index (χ2n) is 4.37. The van der Waals surface area contributed by atoms with Gasteiger partial charge in [0.15, 0.2) is 6.61 Å². The Morgan fingerprint density at radius 3 is 2.70 bits per heavy atom. The highest BCUT2D eigenvalue weighted by Gasteiger charge is 2.00. The number of benzene rings is 1. The molecule has 5 nitrogen and oxygen atoms in total. The van der Waals surface area contributed by atoms with E-state index in [0.29, 0.717) is 5.75 Å². The van der Waals surface area contributed by atoms with Crippen molar-refractivity contribution < 1.29 is 9.53 Å². The normalized spacial score (nSPS) is 10.4. The molecule has 1 aromatic heterocycles. The Morgan fingerprint density at radius 1 is 1.35 bits per heavy atom. The number of nitrogens with two attached hydrogens (primary N) is 1. The highest BCUT2D eigenvalue weighted by atomic mass is 32.1. The summed E-state index contributed by atoms with van der Waals surface area (Å²) in [6.07, 6.45) is 1.88. The van der Waals surface area contributed by atoms with Crippen molar-refractivity contribution in [2.24, 2.45) is 5.73 Å². The molecule has 2 rings (SSSR count). The van der Waals surface area contributed by atoms with Gasteiger partial charge in [0.25, 0.3) is 5.91 Å². The fraction of sp³-hybridized carbons (Fsp3) is 0.286. The Morgan fingerprint density at radius 2 is 2.10 bits per heavy atom. The van der Waals surface area contributed by atoms with Crippen LogP contribution in [0.2, 0.25) is 0 Å². The molecule has 106 valence electrons. The molecule has 1 amide bonds. The van der Waals surface area contributed by atoms with Gasteiger partial charge in [-0.25, -0.2) is 4.98 Å². The van der Waals surface area contributed by atoms with Gasteiger partial charge in [-0.15, -0.1) is 11.3 Å². The molecule has 1 aromatic carbocycles. The summed E-state index contributed by atoms with van der Waals surface area (Å²) in [4.78, 5) is 16.1. The minimum Gasteiger partial charge on any atom is -0.484 e. The lowest BCUT2D eigenvalue weighted by Gasteiger charge is -2.06. The molecule has 0 unspecified atom stereocenters. The van der Waals surface area contributed by atoms with E-state index in [4.69, 9.17) is 10.5 Å². The van der Waals surface area contributed by atoms with E-state index in [1.54, 1.807) is 11.3 Å². The maximum atomic E-state index is 10.6. The summed E-state index contributed by atoms with van der Waals surface area (Å²) >= 11 is 1.70. The second kappa shape index (κ2) is 7.02. The lowest BCUT2D eigenvalue weighted by molar-refractivity contribution is -0.119. The van der Waals surface area contributed by atoms with Gasteiger partial charge in [-0.2, -0.15) is 0 Å². The number of ether oxygens (including phenoxy) is 1. The lowest BCUT2D eigenvalue weighted by Crippen LogP contribution is -2.20. The summed E-state index contributed by atoms with van der Waals surface area (Å²) in [6.45, 7) is 3.47. The molecule has 0 bridgehead atoms. The zero-order chi connectivity index (χ0) is 14.4. The number of hydrogen-bond donors (Lipinski definition) is 2. The van der Waals surface area contributed by atoms with Crippen LogP contribution >= 0.6 is 11.3 Å². The van der Waals surface area contributed by atoms with Gasteiger partial charge in [-0.05, 0) is 24.6 Å². The monoisotopic (exact) mass is 291 g/mol. The summed E-state index contributed by atoms with van der Waals surface area (Å²) in [5.74, 6) is 0.164. The van der Waals surface area contributed by atoms with Crippen molar-refractivity contribution in [1.29, 1.82) is 0 Å². The number of nitrogens with zero attached hydrogens (tertiary/aromatic N) is 1. The summed E-state index contributed by atoms with van der Waals surface area (Å²) in [5.41, 5.74) is 6.16. The Bertz CT molecular complexity index is 566. The predicted molar refractivity (Wildman–Crippen MR) is 78.5 cm³/mol. The van der Waals surface area contributed by atoms with E-state index in [0.717, 1.165) is 23.7 Å². The molecule has 0 aliphatic carbocycles. The molecule has 20 heavy (non-hydrogen) atoms. The molecule has 0 aliphatic rings. The Hall–Kier alpha value is -1.92. The van der Waals surface area contributed by atoms with E-state index < -0.39 is 5.91 Å². The maximum Gasteiger partial charge on any atom is 0.255 e. The molecule has 0 fully saturated rings. The van der Waals surface area contributed by atoms with Gasteiger partial charge in [-0.1, -0.05) is 12.1 Å². The first-order chi connectivity index (χ1) is 9.63. The number of primary amides is 1. The molecule has 0 aliphatic heterocycles. The van der Waals surface area contributed by atoms with Crippen LogP contribution in [0.15, 0.2) is 30.5 Å². The highest BCUT2D eigenvalue weighted by Crippen LogP contribution is 2.13. The summed E-state index contributed by atoms with van der Waals surface area (Å²) < 4.78 is 5.20. The second-order valence-corrected chi connectivity index (χ2v) is 5.69. The molecule has 0 radical (unpaired) electrons. The average molecular weight is 291 g/mol. The van der Waals surface area contributed by atoms with Crippen LogP contribution in [-0.2, 0) is 17.9 Å². The smallest absolute Gasteiger partial charge is 0.255 e. The van der Waals surface area contributed by atoms with E-state index in [-0.39, 0.29) is 6.61 Å². The number of hydrogen-bond acceptors (Lipinski definition) is 5. The van der Waals surface area contributed by atoms with E-state index in [1.807, 2.05) is 37.4 Å². The van der Waals surface area contributed by atoms with Crippen molar-refractivity contribution in [3.8, 4) is 5.75 Å². The highest BCUT2D eigenvalue weighted by molar-refractivity contribution is 7.11. The third-order valence-electron chi connectivity index (χ3n) is 2.58. The van der Waals surface area contributed by atoms with Crippen molar-refractivity contribution in [1.82, 2.24) is 10.3 Å². The minimum atomic E-state index is -0.477. The number of aromatic nitrogens is 1. The first kappa shape index (κ1) is 14.5. The van der Waals surface area contributed by atoms with Crippen LogP contribution in [-0.4, -0.2) is 17.5 Å². The lowest BCUT2D eigenvalue weighted by atomic mass is 10.2. The minimum absolute atomic E-state index is 0.0962. The average Bonchev–Trinajstić information content (AvgIpc) is 2.83. The molecule has 6 heteroatoms. The van der Waals surface area contributed by atoms with Gasteiger partial charge >= 0.3 is 0 Å². The SMILES string of the molecule is Cc1cnc(CNCc2ccc(OCC(N)=O)cc2)s1. The van der Waals surface area contributed by atoms with Gasteiger partial charge in [0.05, 0.1) is 0 Å². The van der Waals surface area contributed by atoms with Crippen LogP contribution < -0.4 is 15.8 Å². The molecule has 0 saturated heterocycles. The zero-order valence-corrected chi connectivity index (χ0v) is 12.1. The van der Waals surface area contributed by atoms with Crippen molar-refractivity contribution in [3.05, 3.63) is 45.9 Å². The zero-order valence-electron chi connectivity index (χ0n) is 11.3. The van der Waals surface area contributed by atoms with Crippen LogP contribution in [0.3, 0.4) is 0 Å². The first-order valence-corrected chi connectivity index (χ1v) is 7.07. The topological polar surface area (TPSA) is 77.2 Å². The molecule has 0 atom stereocenters. The third-order valence-corrected chi connectivity index (χ3v) is 3.49. The number of aryl methyl sites for hydroxylation is 1. The molecule has 2 aromatic rings. The van der Waals surface area contributed by atoms with Gasteiger partial charge in [0.1, 0.15) is 10.8 Å². The van der Waals surface area contributed by atoms with E-state index >= 15 is 0 Å². The van der Waals surface area contributed by atoms with Crippen molar-refractivity contribution in [2.75, 3.05) is 6.61 Å². The summed E-state index contributed by atoms with van der Waals surface area (Å²) in [7, 11) is 0. The molecule has 0 spiro atoms. The molecule has 1 heterocycles. The number of carbonyl (C=O) groups excluding carboxylic acids is 1. The van der Waals surface area contributed by atoms with Gasteiger partial charge in [-0.3, -0.25) is 4.79 Å². The summed E-state index contributed by atoms with van der Waals surface area (Å²) in [6, 6.07) is 7.56. The predicted octanol–water partition coefficient (Wildman–Crippen LogP) is 1.61. The van der Waals surface area contributed by atoms with Crippen LogP contribution in [0.5, 0.6) is 5.75 Å². The largest absolute Gasteiger partial charge is 0.484 e. The van der Waals surface area contributed by atoms with E-state index in [9.17, 15) is 4.79 Å². The van der Waals surface area contributed by atoms with Gasteiger partial charge < -0.3 is 15.8 Å². The third kappa shape index (κ3) is 4.64. The van der Waals surface area contributed by atoms with Crippen LogP contribution in [0.4, 0.5) is 0 Å². The quantitative estimate of drug-likeness (QED) is 0.812. The van der Waals surface area contributed by atoms with Crippen LogP contribution in [0.25, 0.3) is 0 Å². The van der Waals surface area contributed by atoms with E-state index in [2.05, 4.69) is 10.3 Å². The number of nitrogens with one attached hydrogen (secondary N) is 1. The number of carbonyl (C=O) groups is 1. The Balaban J connectivity index is 1.77. The van der Waals surface area contributed by atoms with Crippen LogP contribution in [0, 0.1) is 6.92 Å². The van der Waals surface area contributed by atoms with Gasteiger partial charge in [0, 0.05) is 24.2 Å². The maximum absolute atomic E-state index is 10.6. The fourth-order valence-corrected chi connectivity index (χ4v) is 2.41. The number of rotatable bonds is 7. The standard InChI is InChI=1S/C14H17N3O2S/c1-10-6-17-14(20-10)8-16-7-11-2-4-12(5-3-11)19-9-13(15)18/h2-6,16H,7-9H2,1H3,(H2,15,18). The van der Waals surface area contributed by atoms with E-state index in [1.165, 1.54) is 4.88 Å². The van der Waals surface area contributed by atoms with Gasteiger partial charge in [0.2, 0.25) is 0 Å².